The molecule has 1 unspecified atom stereocenters. The molecule has 17 heavy (non-hydrogen) atoms. The first-order valence-electron chi connectivity index (χ1n) is 5.29. The minimum Gasteiger partial charge on any atom is -0.367 e. The molecule has 0 aliphatic carbocycles. The highest BCUT2D eigenvalue weighted by molar-refractivity contribution is 6.44. The number of aliphatic hydroxyl groups excluding tert-OH is 1. The number of amides is 1. The van der Waals surface area contributed by atoms with Crippen LogP contribution in [-0.4, -0.2) is 46.9 Å². The Morgan fingerprint density at radius 1 is 1.59 bits per heavy atom. The van der Waals surface area contributed by atoms with Crippen LogP contribution >= 0.6 is 23.2 Å². The highest BCUT2D eigenvalue weighted by atomic mass is 35.5. The SMILES string of the molecule is N[C@@H]1C[C@H](NC(=O)[C@@H](N)CC(Cl)Cl)COC1O. The number of rotatable bonds is 4. The first kappa shape index (κ1) is 14.9. The number of nitrogens with two attached hydrogens (primary N) is 2. The summed E-state index contributed by atoms with van der Waals surface area (Å²) >= 11 is 11.1. The van der Waals surface area contributed by atoms with E-state index in [0.29, 0.717) is 6.42 Å². The van der Waals surface area contributed by atoms with E-state index in [1.807, 2.05) is 0 Å². The molecule has 0 bridgehead atoms. The van der Waals surface area contributed by atoms with E-state index < -0.39 is 23.2 Å². The van der Waals surface area contributed by atoms with Gasteiger partial charge < -0.3 is 26.6 Å². The Kier molecular flexibility index (Phi) is 5.91. The molecule has 1 aliphatic rings. The van der Waals surface area contributed by atoms with E-state index in [-0.39, 0.29) is 25.0 Å². The van der Waals surface area contributed by atoms with Crippen LogP contribution in [0.2, 0.25) is 0 Å². The lowest BCUT2D eigenvalue weighted by atomic mass is 10.0. The highest BCUT2D eigenvalue weighted by Gasteiger charge is 2.29. The summed E-state index contributed by atoms with van der Waals surface area (Å²) in [5.41, 5.74) is 11.2. The third kappa shape index (κ3) is 4.95. The first-order chi connectivity index (χ1) is 7.90. The van der Waals surface area contributed by atoms with Gasteiger partial charge in [0.2, 0.25) is 5.91 Å². The van der Waals surface area contributed by atoms with Crippen LogP contribution in [0.1, 0.15) is 12.8 Å². The van der Waals surface area contributed by atoms with Crippen molar-refractivity contribution in [1.82, 2.24) is 5.32 Å². The molecule has 0 aromatic rings. The van der Waals surface area contributed by atoms with Gasteiger partial charge >= 0.3 is 0 Å². The molecule has 8 heteroatoms. The molecule has 1 rings (SSSR count). The molecule has 0 aromatic heterocycles. The molecule has 1 fully saturated rings. The van der Waals surface area contributed by atoms with Crippen LogP contribution in [0.3, 0.4) is 0 Å². The molecule has 6 N–H and O–H groups in total. The number of nitrogens with one attached hydrogen (secondary N) is 1. The lowest BCUT2D eigenvalue weighted by molar-refractivity contribution is -0.148. The summed E-state index contributed by atoms with van der Waals surface area (Å²) in [6, 6.07) is -1.53. The monoisotopic (exact) mass is 285 g/mol. The van der Waals surface area contributed by atoms with E-state index >= 15 is 0 Å². The molecule has 6 nitrogen and oxygen atoms in total. The number of hydrogen-bond acceptors (Lipinski definition) is 5. The fraction of sp³-hybridized carbons (Fsp3) is 0.889. The van der Waals surface area contributed by atoms with E-state index in [1.165, 1.54) is 0 Å². The molecule has 1 saturated heterocycles. The standard InChI is InChI=1S/C9H17Cl2N3O3/c10-7(11)2-5(12)8(15)14-4-1-6(13)9(16)17-3-4/h4-7,9,16H,1-3,12-13H2,(H,14,15)/t4-,5-,6+,9?/m0/s1. The fourth-order valence-corrected chi connectivity index (χ4v) is 1.94. The van der Waals surface area contributed by atoms with Crippen molar-refractivity contribution in [2.75, 3.05) is 6.61 Å². The molecule has 1 aliphatic heterocycles. The van der Waals surface area contributed by atoms with Crippen LogP contribution in [0.25, 0.3) is 0 Å². The number of carbonyl (C=O) groups is 1. The predicted octanol–water partition coefficient (Wildman–Crippen LogP) is -0.942. The third-order valence-corrected chi connectivity index (χ3v) is 2.86. The van der Waals surface area contributed by atoms with Crippen molar-refractivity contribution in [2.45, 2.75) is 42.1 Å². The van der Waals surface area contributed by atoms with Crippen molar-refractivity contribution in [1.29, 1.82) is 0 Å². The molecule has 0 aromatic carbocycles. The molecular formula is C9H17Cl2N3O3. The van der Waals surface area contributed by atoms with Crippen LogP contribution < -0.4 is 16.8 Å². The van der Waals surface area contributed by atoms with E-state index in [9.17, 15) is 9.90 Å². The average molecular weight is 286 g/mol. The second kappa shape index (κ2) is 6.72. The molecule has 1 heterocycles. The molecule has 0 radical (unpaired) electrons. The zero-order valence-electron chi connectivity index (χ0n) is 9.18. The fourth-order valence-electron chi connectivity index (χ4n) is 1.56. The summed E-state index contributed by atoms with van der Waals surface area (Å²) in [5, 5.41) is 11.9. The van der Waals surface area contributed by atoms with Crippen LogP contribution in [0.5, 0.6) is 0 Å². The van der Waals surface area contributed by atoms with Gasteiger partial charge in [-0.25, -0.2) is 0 Å². The van der Waals surface area contributed by atoms with Crippen molar-refractivity contribution in [3.63, 3.8) is 0 Å². The van der Waals surface area contributed by atoms with Crippen LogP contribution in [0.4, 0.5) is 0 Å². The topological polar surface area (TPSA) is 111 Å². The van der Waals surface area contributed by atoms with Gasteiger partial charge in [-0.05, 0) is 6.42 Å². The van der Waals surface area contributed by atoms with Gasteiger partial charge in [-0.15, -0.1) is 23.2 Å². The van der Waals surface area contributed by atoms with Gasteiger partial charge in [0, 0.05) is 6.42 Å². The van der Waals surface area contributed by atoms with Crippen molar-refractivity contribution in [2.24, 2.45) is 11.5 Å². The number of aliphatic hydroxyl groups is 1. The van der Waals surface area contributed by atoms with Gasteiger partial charge in [0.15, 0.2) is 6.29 Å². The highest BCUT2D eigenvalue weighted by Crippen LogP contribution is 2.12. The molecule has 4 atom stereocenters. The normalized spacial score (nSPS) is 31.3. The van der Waals surface area contributed by atoms with Crippen molar-refractivity contribution in [3.05, 3.63) is 0 Å². The van der Waals surface area contributed by atoms with Crippen molar-refractivity contribution in [3.8, 4) is 0 Å². The largest absolute Gasteiger partial charge is 0.367 e. The van der Waals surface area contributed by atoms with Crippen LogP contribution in [0, 0.1) is 0 Å². The molecule has 0 spiro atoms. The number of carbonyl (C=O) groups excluding carboxylic acids is 1. The van der Waals surface area contributed by atoms with Crippen LogP contribution in [0.15, 0.2) is 0 Å². The summed E-state index contributed by atoms with van der Waals surface area (Å²) < 4.78 is 4.99. The minimum atomic E-state index is -0.980. The summed E-state index contributed by atoms with van der Waals surface area (Å²) in [6.07, 6.45) is -0.367. The Balaban J connectivity index is 2.36. The smallest absolute Gasteiger partial charge is 0.237 e. The Labute approximate surface area is 110 Å². The Hall–Kier alpha value is -0.110. The Morgan fingerprint density at radius 3 is 2.76 bits per heavy atom. The maximum absolute atomic E-state index is 11.6. The first-order valence-corrected chi connectivity index (χ1v) is 6.16. The van der Waals surface area contributed by atoms with Gasteiger partial charge in [-0.1, -0.05) is 0 Å². The number of hydrogen-bond donors (Lipinski definition) is 4. The van der Waals surface area contributed by atoms with Gasteiger partial charge in [-0.2, -0.15) is 0 Å². The maximum atomic E-state index is 11.6. The number of ether oxygens (including phenoxy) is 1. The van der Waals surface area contributed by atoms with E-state index in [1.54, 1.807) is 0 Å². The minimum absolute atomic E-state index is 0.178. The molecule has 1 amide bonds. The molecular weight excluding hydrogens is 269 g/mol. The Bertz CT molecular complexity index is 268. The predicted molar refractivity (Wildman–Crippen MR) is 64.6 cm³/mol. The second-order valence-corrected chi connectivity index (χ2v) is 5.34. The van der Waals surface area contributed by atoms with Gasteiger partial charge in [0.25, 0.3) is 0 Å². The summed E-state index contributed by atoms with van der Waals surface area (Å²) in [5.74, 6) is -0.353. The summed E-state index contributed by atoms with van der Waals surface area (Å²) in [4.78, 5) is 10.9. The molecule has 100 valence electrons. The van der Waals surface area contributed by atoms with E-state index in [4.69, 9.17) is 39.4 Å². The average Bonchev–Trinajstić information content (AvgIpc) is 2.22. The Morgan fingerprint density at radius 2 is 2.24 bits per heavy atom. The maximum Gasteiger partial charge on any atom is 0.237 e. The lowest BCUT2D eigenvalue weighted by Gasteiger charge is -2.32. The second-order valence-electron chi connectivity index (χ2n) is 4.06. The van der Waals surface area contributed by atoms with Crippen LogP contribution in [-0.2, 0) is 9.53 Å². The third-order valence-electron chi connectivity index (χ3n) is 2.51. The zero-order valence-corrected chi connectivity index (χ0v) is 10.7. The summed E-state index contributed by atoms with van der Waals surface area (Å²) in [7, 11) is 0. The van der Waals surface area contributed by atoms with Gasteiger partial charge in [-0.3, -0.25) is 4.79 Å². The molecule has 0 saturated carbocycles. The number of alkyl halides is 2. The van der Waals surface area contributed by atoms with Crippen molar-refractivity contribution >= 4 is 29.1 Å². The lowest BCUT2D eigenvalue weighted by Crippen LogP contribution is -2.54. The van der Waals surface area contributed by atoms with E-state index in [2.05, 4.69) is 5.32 Å². The zero-order chi connectivity index (χ0) is 13.0. The summed E-state index contributed by atoms with van der Waals surface area (Å²) in [6.45, 7) is 0.207. The van der Waals surface area contributed by atoms with Gasteiger partial charge in [0.05, 0.1) is 24.7 Å². The van der Waals surface area contributed by atoms with Crippen molar-refractivity contribution < 1.29 is 14.6 Å². The quantitative estimate of drug-likeness (QED) is 0.498. The van der Waals surface area contributed by atoms with E-state index in [0.717, 1.165) is 0 Å². The number of halogens is 2. The van der Waals surface area contributed by atoms with Gasteiger partial charge in [0.1, 0.15) is 4.84 Å².